The van der Waals surface area contributed by atoms with Gasteiger partial charge in [0.2, 0.25) is 5.91 Å². The van der Waals surface area contributed by atoms with Crippen LogP contribution in [0, 0.1) is 0 Å². The molecule has 0 aliphatic carbocycles. The highest BCUT2D eigenvalue weighted by Crippen LogP contribution is 2.27. The van der Waals surface area contributed by atoms with E-state index in [1.165, 1.54) is 0 Å². The van der Waals surface area contributed by atoms with Gasteiger partial charge in [0.05, 0.1) is 19.2 Å². The second kappa shape index (κ2) is 8.68. The molecule has 2 atom stereocenters. The van der Waals surface area contributed by atoms with Gasteiger partial charge in [0, 0.05) is 5.56 Å². The van der Waals surface area contributed by atoms with E-state index in [1.54, 1.807) is 4.90 Å². The van der Waals surface area contributed by atoms with Gasteiger partial charge in [-0.25, -0.2) is 0 Å². The highest BCUT2D eigenvalue weighted by atomic mass is 16.5. The van der Waals surface area contributed by atoms with Crippen molar-refractivity contribution in [3.8, 4) is 5.75 Å². The van der Waals surface area contributed by atoms with Crippen LogP contribution < -0.4 is 10.1 Å². The SMILES string of the molecule is CCOc1ccccc1[C@H](CC)NC(=O)CN1CCC[C@@H]1C(=O)O. The van der Waals surface area contributed by atoms with Crippen molar-refractivity contribution >= 4 is 11.9 Å². The largest absolute Gasteiger partial charge is 0.494 e. The molecule has 0 radical (unpaired) electrons. The Balaban J connectivity index is 2.02. The van der Waals surface area contributed by atoms with Crippen molar-refractivity contribution in [1.29, 1.82) is 0 Å². The van der Waals surface area contributed by atoms with Gasteiger partial charge in [-0.15, -0.1) is 0 Å². The Morgan fingerprint density at radius 2 is 2.12 bits per heavy atom. The van der Waals surface area contributed by atoms with Crippen molar-refractivity contribution in [3.05, 3.63) is 29.8 Å². The molecule has 1 heterocycles. The minimum Gasteiger partial charge on any atom is -0.494 e. The van der Waals surface area contributed by atoms with E-state index in [0.717, 1.165) is 24.2 Å². The molecule has 6 heteroatoms. The zero-order valence-corrected chi connectivity index (χ0v) is 14.3. The molecule has 1 aliphatic heterocycles. The number of carboxylic acid groups (broad SMARTS) is 1. The summed E-state index contributed by atoms with van der Waals surface area (Å²) in [6.45, 7) is 5.26. The van der Waals surface area contributed by atoms with Gasteiger partial charge in [0.25, 0.3) is 0 Å². The Morgan fingerprint density at radius 1 is 1.38 bits per heavy atom. The monoisotopic (exact) mass is 334 g/mol. The first-order valence-corrected chi connectivity index (χ1v) is 8.54. The number of para-hydroxylation sites is 1. The zero-order chi connectivity index (χ0) is 17.5. The summed E-state index contributed by atoms with van der Waals surface area (Å²) in [5.41, 5.74) is 0.950. The van der Waals surface area contributed by atoms with Crippen LogP contribution in [0.5, 0.6) is 5.75 Å². The lowest BCUT2D eigenvalue weighted by molar-refractivity contribution is -0.142. The van der Waals surface area contributed by atoms with Crippen molar-refractivity contribution < 1.29 is 19.4 Å². The topological polar surface area (TPSA) is 78.9 Å². The molecule has 132 valence electrons. The van der Waals surface area contributed by atoms with E-state index in [1.807, 2.05) is 38.1 Å². The average molecular weight is 334 g/mol. The number of amides is 1. The maximum Gasteiger partial charge on any atom is 0.320 e. The summed E-state index contributed by atoms with van der Waals surface area (Å²) in [4.78, 5) is 25.3. The molecule has 0 saturated carbocycles. The molecule has 0 spiro atoms. The average Bonchev–Trinajstić information content (AvgIpc) is 3.02. The molecule has 1 aromatic rings. The Hall–Kier alpha value is -2.08. The molecule has 0 unspecified atom stereocenters. The molecule has 2 N–H and O–H groups in total. The van der Waals surface area contributed by atoms with E-state index in [-0.39, 0.29) is 18.5 Å². The van der Waals surface area contributed by atoms with Crippen molar-refractivity contribution in [3.63, 3.8) is 0 Å². The highest BCUT2D eigenvalue weighted by molar-refractivity contribution is 5.80. The maximum atomic E-state index is 12.4. The molecule has 1 amide bonds. The molecular weight excluding hydrogens is 308 g/mol. The van der Waals surface area contributed by atoms with Crippen LogP contribution in [-0.2, 0) is 9.59 Å². The summed E-state index contributed by atoms with van der Waals surface area (Å²) in [5, 5.41) is 12.2. The van der Waals surface area contributed by atoms with Crippen LogP contribution in [0.25, 0.3) is 0 Å². The summed E-state index contributed by atoms with van der Waals surface area (Å²) in [6.07, 6.45) is 2.15. The minimum atomic E-state index is -0.853. The van der Waals surface area contributed by atoms with Gasteiger partial charge in [-0.05, 0) is 38.8 Å². The van der Waals surface area contributed by atoms with E-state index < -0.39 is 12.0 Å². The number of likely N-dealkylation sites (tertiary alicyclic amines) is 1. The van der Waals surface area contributed by atoms with Crippen molar-refractivity contribution in [2.75, 3.05) is 19.7 Å². The molecule has 1 fully saturated rings. The molecule has 0 aromatic heterocycles. The molecule has 24 heavy (non-hydrogen) atoms. The number of nitrogens with zero attached hydrogens (tertiary/aromatic N) is 1. The normalized spacial score (nSPS) is 19.0. The van der Waals surface area contributed by atoms with Gasteiger partial charge in [0.1, 0.15) is 11.8 Å². The first kappa shape index (κ1) is 18.3. The third-order valence-corrected chi connectivity index (χ3v) is 4.33. The smallest absolute Gasteiger partial charge is 0.320 e. The number of carboxylic acids is 1. The number of nitrogens with one attached hydrogen (secondary N) is 1. The lowest BCUT2D eigenvalue weighted by atomic mass is 10.0. The summed E-state index contributed by atoms with van der Waals surface area (Å²) in [5.74, 6) is -0.230. The Bertz CT molecular complexity index is 576. The lowest BCUT2D eigenvalue weighted by Gasteiger charge is -2.24. The Morgan fingerprint density at radius 3 is 2.79 bits per heavy atom. The first-order chi connectivity index (χ1) is 11.6. The van der Waals surface area contributed by atoms with E-state index >= 15 is 0 Å². The predicted octanol–water partition coefficient (Wildman–Crippen LogP) is 2.20. The van der Waals surface area contributed by atoms with Crippen molar-refractivity contribution in [2.45, 2.75) is 45.2 Å². The fourth-order valence-electron chi connectivity index (χ4n) is 3.17. The molecule has 1 aliphatic rings. The fourth-order valence-corrected chi connectivity index (χ4v) is 3.17. The van der Waals surface area contributed by atoms with Gasteiger partial charge < -0.3 is 15.2 Å². The number of benzene rings is 1. The van der Waals surface area contributed by atoms with Crippen LogP contribution in [0.4, 0.5) is 0 Å². The fraction of sp³-hybridized carbons (Fsp3) is 0.556. The van der Waals surface area contributed by atoms with Crippen LogP contribution in [0.1, 0.15) is 44.7 Å². The highest BCUT2D eigenvalue weighted by Gasteiger charge is 2.32. The van der Waals surface area contributed by atoms with E-state index in [9.17, 15) is 14.7 Å². The predicted molar refractivity (Wildman–Crippen MR) is 91.0 cm³/mol. The van der Waals surface area contributed by atoms with Crippen LogP contribution in [0.3, 0.4) is 0 Å². The lowest BCUT2D eigenvalue weighted by Crippen LogP contribution is -2.43. The van der Waals surface area contributed by atoms with Crippen LogP contribution >= 0.6 is 0 Å². The van der Waals surface area contributed by atoms with Gasteiger partial charge in [-0.1, -0.05) is 25.1 Å². The van der Waals surface area contributed by atoms with Gasteiger partial charge in [0.15, 0.2) is 0 Å². The van der Waals surface area contributed by atoms with Crippen molar-refractivity contribution in [2.24, 2.45) is 0 Å². The number of aliphatic carboxylic acids is 1. The molecular formula is C18H26N2O4. The number of carbonyl (C=O) groups is 2. The summed E-state index contributed by atoms with van der Waals surface area (Å²) >= 11 is 0. The first-order valence-electron chi connectivity index (χ1n) is 8.54. The van der Waals surface area contributed by atoms with Crippen molar-refractivity contribution in [1.82, 2.24) is 10.2 Å². The van der Waals surface area contributed by atoms with E-state index in [0.29, 0.717) is 19.6 Å². The summed E-state index contributed by atoms with van der Waals surface area (Å²) in [7, 11) is 0. The second-order valence-electron chi connectivity index (χ2n) is 5.97. The number of carbonyl (C=O) groups excluding carboxylic acids is 1. The Labute approximate surface area is 142 Å². The third-order valence-electron chi connectivity index (χ3n) is 4.33. The summed E-state index contributed by atoms with van der Waals surface area (Å²) in [6, 6.07) is 6.99. The number of hydrogen-bond donors (Lipinski definition) is 2. The second-order valence-corrected chi connectivity index (χ2v) is 5.97. The Kier molecular flexibility index (Phi) is 6.61. The minimum absolute atomic E-state index is 0.115. The number of ether oxygens (including phenoxy) is 1. The molecule has 0 bridgehead atoms. The van der Waals surface area contributed by atoms with Crippen LogP contribution in [0.2, 0.25) is 0 Å². The third kappa shape index (κ3) is 4.47. The molecule has 1 saturated heterocycles. The molecule has 6 nitrogen and oxygen atoms in total. The van der Waals surface area contributed by atoms with E-state index in [2.05, 4.69) is 5.32 Å². The van der Waals surface area contributed by atoms with Gasteiger partial charge in [-0.2, -0.15) is 0 Å². The quantitative estimate of drug-likeness (QED) is 0.762. The van der Waals surface area contributed by atoms with Gasteiger partial charge in [-0.3, -0.25) is 14.5 Å². The molecule has 2 rings (SSSR count). The number of rotatable bonds is 8. The molecule has 1 aromatic carbocycles. The van der Waals surface area contributed by atoms with Crippen LogP contribution in [0.15, 0.2) is 24.3 Å². The van der Waals surface area contributed by atoms with Crippen LogP contribution in [-0.4, -0.2) is 47.6 Å². The standard InChI is InChI=1S/C18H26N2O4/c1-3-14(13-8-5-6-10-16(13)24-4-2)19-17(21)12-20-11-7-9-15(20)18(22)23/h5-6,8,10,14-15H,3-4,7,9,11-12H2,1-2H3,(H,19,21)(H,22,23)/t14-,15+/m0/s1. The van der Waals surface area contributed by atoms with Gasteiger partial charge >= 0.3 is 5.97 Å². The van der Waals surface area contributed by atoms with E-state index in [4.69, 9.17) is 4.74 Å². The zero-order valence-electron chi connectivity index (χ0n) is 14.3. The summed E-state index contributed by atoms with van der Waals surface area (Å²) < 4.78 is 5.64. The maximum absolute atomic E-state index is 12.4. The number of hydrogen-bond acceptors (Lipinski definition) is 4.